The van der Waals surface area contributed by atoms with Crippen LogP contribution in [0.1, 0.15) is 40.5 Å². The molecule has 16 heavy (non-hydrogen) atoms. The minimum absolute atomic E-state index is 0.195. The van der Waals surface area contributed by atoms with Gasteiger partial charge in [-0.2, -0.15) is 0 Å². The lowest BCUT2D eigenvalue weighted by atomic mass is 9.71. The molecule has 2 rings (SSSR count). The monoisotopic (exact) mass is 220 g/mol. The molecule has 0 aromatic carbocycles. The van der Waals surface area contributed by atoms with Gasteiger partial charge in [-0.1, -0.05) is 17.2 Å². The van der Waals surface area contributed by atoms with E-state index < -0.39 is 5.60 Å². The van der Waals surface area contributed by atoms with E-state index in [0.29, 0.717) is 5.92 Å². The van der Waals surface area contributed by atoms with Gasteiger partial charge in [-0.05, 0) is 46.5 Å². The smallest absolute Gasteiger partial charge is 0.331 e. The van der Waals surface area contributed by atoms with Crippen LogP contribution in [0.4, 0.5) is 0 Å². The second-order valence-electron chi connectivity index (χ2n) is 5.96. The number of carbonyl (C=O) groups is 1. The maximum Gasteiger partial charge on any atom is 0.331 e. The fraction of sp³-hybridized carbons (Fsp3) is 0.643. The predicted octanol–water partition coefficient (Wildman–Crippen LogP) is 3.24. The normalized spacial score (nSPS) is 30.8. The number of esters is 1. The van der Waals surface area contributed by atoms with Gasteiger partial charge in [0.25, 0.3) is 0 Å². The van der Waals surface area contributed by atoms with Crippen molar-refractivity contribution in [3.05, 3.63) is 23.3 Å². The molecule has 0 N–H and O–H groups in total. The molecule has 0 radical (unpaired) electrons. The fourth-order valence-corrected chi connectivity index (χ4v) is 2.58. The number of carbonyl (C=O) groups excluding carboxylic acids is 1. The lowest BCUT2D eigenvalue weighted by molar-refractivity contribution is -0.148. The number of allylic oxidation sites excluding steroid dienone is 3. The van der Waals surface area contributed by atoms with Crippen molar-refractivity contribution in [3.63, 3.8) is 0 Å². The van der Waals surface area contributed by atoms with Crippen molar-refractivity contribution >= 4 is 5.97 Å². The van der Waals surface area contributed by atoms with Crippen LogP contribution in [0.3, 0.4) is 0 Å². The molecule has 2 atom stereocenters. The molecule has 0 bridgehead atoms. The molecular weight excluding hydrogens is 200 g/mol. The average molecular weight is 220 g/mol. The van der Waals surface area contributed by atoms with Crippen molar-refractivity contribution in [2.45, 2.75) is 46.1 Å². The first-order valence-electron chi connectivity index (χ1n) is 5.96. The first-order valence-corrected chi connectivity index (χ1v) is 5.96. The van der Waals surface area contributed by atoms with Crippen molar-refractivity contribution in [2.75, 3.05) is 0 Å². The molecule has 0 unspecified atom stereocenters. The summed E-state index contributed by atoms with van der Waals surface area (Å²) in [6.07, 6.45) is 6.26. The summed E-state index contributed by atoms with van der Waals surface area (Å²) < 4.78 is 5.28. The van der Waals surface area contributed by atoms with E-state index in [9.17, 15) is 4.79 Å². The Balaban J connectivity index is 1.97. The molecule has 0 aliphatic heterocycles. The van der Waals surface area contributed by atoms with Gasteiger partial charge in [-0.3, -0.25) is 0 Å². The summed E-state index contributed by atoms with van der Waals surface area (Å²) in [7, 11) is 0. The van der Waals surface area contributed by atoms with E-state index >= 15 is 0 Å². The van der Waals surface area contributed by atoms with E-state index in [1.165, 1.54) is 17.6 Å². The van der Waals surface area contributed by atoms with Gasteiger partial charge in [0.1, 0.15) is 5.60 Å². The molecule has 1 fully saturated rings. The minimum atomic E-state index is -0.390. The Hall–Kier alpha value is -1.05. The predicted molar refractivity (Wildman–Crippen MR) is 63.9 cm³/mol. The number of fused-ring (bicyclic) bond motifs is 1. The highest BCUT2D eigenvalue weighted by Gasteiger charge is 2.38. The van der Waals surface area contributed by atoms with Crippen molar-refractivity contribution < 1.29 is 9.53 Å². The zero-order chi connectivity index (χ0) is 11.9. The van der Waals surface area contributed by atoms with Crippen LogP contribution in [-0.4, -0.2) is 11.6 Å². The van der Waals surface area contributed by atoms with E-state index in [2.05, 4.69) is 13.0 Å². The SMILES string of the molecule is CC1=C[C@@H]2C(=CC(=O)OC(C)(C)C)C[C@@H]2C1. The summed E-state index contributed by atoms with van der Waals surface area (Å²) in [6.45, 7) is 7.86. The third kappa shape index (κ3) is 2.37. The van der Waals surface area contributed by atoms with E-state index in [0.717, 1.165) is 12.3 Å². The molecule has 1 saturated carbocycles. The van der Waals surface area contributed by atoms with Crippen molar-refractivity contribution in [3.8, 4) is 0 Å². The lowest BCUT2D eigenvalue weighted by Crippen LogP contribution is -2.27. The van der Waals surface area contributed by atoms with Crippen LogP contribution in [0, 0.1) is 11.8 Å². The standard InChI is InChI=1S/C14H20O2/c1-9-5-10-7-11(12(10)6-9)8-13(15)16-14(2,3)4/h6,8,10,12H,5,7H2,1-4H3/t10-,12-/m0/s1. The Morgan fingerprint density at radius 2 is 2.12 bits per heavy atom. The summed E-state index contributed by atoms with van der Waals surface area (Å²) >= 11 is 0. The Bertz CT molecular complexity index is 369. The third-order valence-corrected chi connectivity index (χ3v) is 3.19. The summed E-state index contributed by atoms with van der Waals surface area (Å²) in [5.74, 6) is 1.08. The molecule has 2 aliphatic rings. The maximum absolute atomic E-state index is 11.6. The first kappa shape index (κ1) is 11.4. The van der Waals surface area contributed by atoms with Crippen LogP contribution >= 0.6 is 0 Å². The van der Waals surface area contributed by atoms with Gasteiger partial charge in [0.2, 0.25) is 0 Å². The maximum atomic E-state index is 11.6. The summed E-state index contributed by atoms with van der Waals surface area (Å²) in [4.78, 5) is 11.6. The molecule has 88 valence electrons. The third-order valence-electron chi connectivity index (χ3n) is 3.19. The molecule has 2 aliphatic carbocycles. The zero-order valence-corrected chi connectivity index (χ0v) is 10.5. The second kappa shape index (κ2) is 3.76. The molecule has 2 nitrogen and oxygen atoms in total. The Morgan fingerprint density at radius 1 is 1.44 bits per heavy atom. The topological polar surface area (TPSA) is 26.3 Å². The van der Waals surface area contributed by atoms with Crippen molar-refractivity contribution in [1.29, 1.82) is 0 Å². The second-order valence-corrected chi connectivity index (χ2v) is 5.96. The Labute approximate surface area is 97.4 Å². The highest BCUT2D eigenvalue weighted by molar-refractivity contribution is 5.83. The quantitative estimate of drug-likeness (QED) is 0.385. The van der Waals surface area contributed by atoms with Gasteiger partial charge in [0.05, 0.1) is 0 Å². The van der Waals surface area contributed by atoms with Crippen LogP contribution < -0.4 is 0 Å². The van der Waals surface area contributed by atoms with Gasteiger partial charge in [0, 0.05) is 12.0 Å². The molecular formula is C14H20O2. The van der Waals surface area contributed by atoms with Crippen LogP contribution in [0.5, 0.6) is 0 Å². The Kier molecular flexibility index (Phi) is 2.69. The highest BCUT2D eigenvalue weighted by Crippen LogP contribution is 2.49. The van der Waals surface area contributed by atoms with Crippen LogP contribution in [0.2, 0.25) is 0 Å². The molecule has 0 aromatic heterocycles. The van der Waals surface area contributed by atoms with Crippen LogP contribution in [0.25, 0.3) is 0 Å². The van der Waals surface area contributed by atoms with Crippen molar-refractivity contribution in [1.82, 2.24) is 0 Å². The highest BCUT2D eigenvalue weighted by atomic mass is 16.6. The minimum Gasteiger partial charge on any atom is -0.457 e. The van der Waals surface area contributed by atoms with Crippen LogP contribution in [-0.2, 0) is 9.53 Å². The first-order chi connectivity index (χ1) is 7.35. The van der Waals surface area contributed by atoms with Gasteiger partial charge >= 0.3 is 5.97 Å². The summed E-state index contributed by atoms with van der Waals surface area (Å²) in [6, 6.07) is 0. The molecule has 0 aromatic rings. The average Bonchev–Trinajstić information content (AvgIpc) is 2.36. The lowest BCUT2D eigenvalue weighted by Gasteiger charge is -2.33. The summed E-state index contributed by atoms with van der Waals surface area (Å²) in [5, 5.41) is 0. The van der Waals surface area contributed by atoms with Gasteiger partial charge in [0.15, 0.2) is 0 Å². The van der Waals surface area contributed by atoms with E-state index in [-0.39, 0.29) is 5.97 Å². The van der Waals surface area contributed by atoms with E-state index in [4.69, 9.17) is 4.74 Å². The number of ether oxygens (including phenoxy) is 1. The zero-order valence-electron chi connectivity index (χ0n) is 10.5. The molecule has 0 heterocycles. The molecule has 0 amide bonds. The fourth-order valence-electron chi connectivity index (χ4n) is 2.58. The number of hydrogen-bond donors (Lipinski definition) is 0. The molecule has 0 saturated heterocycles. The Morgan fingerprint density at radius 3 is 2.69 bits per heavy atom. The van der Waals surface area contributed by atoms with Crippen molar-refractivity contribution in [2.24, 2.45) is 11.8 Å². The van der Waals surface area contributed by atoms with E-state index in [1.54, 1.807) is 6.08 Å². The van der Waals surface area contributed by atoms with Gasteiger partial charge in [-0.15, -0.1) is 0 Å². The van der Waals surface area contributed by atoms with E-state index in [1.807, 2.05) is 20.8 Å². The largest absolute Gasteiger partial charge is 0.457 e. The van der Waals surface area contributed by atoms with Gasteiger partial charge < -0.3 is 4.74 Å². The number of hydrogen-bond acceptors (Lipinski definition) is 2. The van der Waals surface area contributed by atoms with Gasteiger partial charge in [-0.25, -0.2) is 4.79 Å². The number of rotatable bonds is 1. The van der Waals surface area contributed by atoms with Crippen LogP contribution in [0.15, 0.2) is 23.3 Å². The molecule has 0 spiro atoms. The summed E-state index contributed by atoms with van der Waals surface area (Å²) in [5.41, 5.74) is 2.32. The molecule has 2 heteroatoms.